The van der Waals surface area contributed by atoms with Crippen molar-refractivity contribution in [3.8, 4) is 0 Å². The van der Waals surface area contributed by atoms with Gasteiger partial charge in [-0.1, -0.05) is 26.2 Å². The monoisotopic (exact) mass is 205 g/mol. The summed E-state index contributed by atoms with van der Waals surface area (Å²) < 4.78 is 23.8. The Labute approximate surface area is 97.5 Å². The number of nitrogens with one attached hydrogen (secondary N) is 1. The third-order valence-corrected chi connectivity index (χ3v) is 1.55. The number of hydrogen-bond donors (Lipinski definition) is 2. The average molecular weight is 205 g/mol. The van der Waals surface area contributed by atoms with E-state index in [1.165, 1.54) is 12.8 Å². The molecule has 0 aliphatic rings. The Morgan fingerprint density at radius 3 is 2.42 bits per heavy atom. The van der Waals surface area contributed by atoms with Crippen molar-refractivity contribution in [2.45, 2.75) is 32.6 Å². The van der Waals surface area contributed by atoms with Gasteiger partial charge in [0.25, 0.3) is 11.0 Å². The van der Waals surface area contributed by atoms with Gasteiger partial charge in [0.2, 0.25) is 0 Å². The van der Waals surface area contributed by atoms with Crippen molar-refractivity contribution >= 4 is 40.5 Å². The Hall–Kier alpha value is 0.870. The fourth-order valence-corrected chi connectivity index (χ4v) is 0.919. The molecule has 0 saturated heterocycles. The van der Waals surface area contributed by atoms with Crippen LogP contribution in [0.1, 0.15) is 32.6 Å². The van der Waals surface area contributed by atoms with E-state index in [2.05, 4.69) is 16.7 Å². The van der Waals surface area contributed by atoms with E-state index in [1.807, 2.05) is 0 Å². The Morgan fingerprint density at radius 2 is 1.92 bits per heavy atom. The normalized spacial score (nSPS) is 9.83. The average Bonchev–Trinajstić information content (AvgIpc) is 1.96. The zero-order valence-corrected chi connectivity index (χ0v) is 7.60. The molecule has 0 amide bonds. The van der Waals surface area contributed by atoms with Gasteiger partial charge in [-0.2, -0.15) is 9.76 Å². The maximum absolute atomic E-state index is 9.84. The number of unbranched alkanes of at least 4 members (excludes halogenated alkanes) is 3. The number of hydrogen-bond acceptors (Lipinski definition) is 4. The van der Waals surface area contributed by atoms with Gasteiger partial charge >= 0.3 is 29.6 Å². The molecule has 0 saturated carbocycles. The third-order valence-electron chi connectivity index (χ3n) is 1.27. The molecular weight excluding hydrogens is 189 g/mol. The van der Waals surface area contributed by atoms with Gasteiger partial charge in [-0.3, -0.25) is 0 Å². The van der Waals surface area contributed by atoms with Crippen LogP contribution in [0.5, 0.6) is 0 Å². The van der Waals surface area contributed by atoms with Crippen molar-refractivity contribution in [2.24, 2.45) is 0 Å². The van der Waals surface area contributed by atoms with Gasteiger partial charge in [0, 0.05) is 6.54 Å². The Bertz CT molecular complexity index is 144. The molecule has 0 rings (SSSR count). The molecule has 0 atom stereocenters. The minimum absolute atomic E-state index is 0. The predicted molar refractivity (Wildman–Crippen MR) is 50.7 cm³/mol. The molecule has 0 radical (unpaired) electrons. The van der Waals surface area contributed by atoms with Crippen LogP contribution in [0.4, 0.5) is 0 Å². The van der Waals surface area contributed by atoms with Crippen molar-refractivity contribution in [2.75, 3.05) is 6.54 Å². The molecule has 0 fully saturated rings. The van der Waals surface area contributed by atoms with Crippen molar-refractivity contribution < 1.29 is 12.7 Å². The van der Waals surface area contributed by atoms with Gasteiger partial charge in [-0.15, -0.1) is 0 Å². The van der Waals surface area contributed by atoms with Crippen LogP contribution in [0.2, 0.25) is 0 Å². The van der Waals surface area contributed by atoms with E-state index < -0.39 is 11.0 Å². The van der Waals surface area contributed by atoms with Crippen LogP contribution in [-0.4, -0.2) is 44.5 Å². The van der Waals surface area contributed by atoms with Crippen LogP contribution >= 0.6 is 0 Å². The molecule has 0 heterocycles. The van der Waals surface area contributed by atoms with E-state index >= 15 is 0 Å². The quantitative estimate of drug-likeness (QED) is 0.265. The standard InChI is InChI=1S/C6H15NO3S.Na.H/c1-2-3-4-5-6-7-10-11(8)9;;/h7,11H,2-6H2,1H3;;. The first kappa shape index (κ1) is 15.3. The van der Waals surface area contributed by atoms with Crippen molar-refractivity contribution in [3.63, 3.8) is 0 Å². The van der Waals surface area contributed by atoms with E-state index in [0.717, 1.165) is 12.8 Å². The second-order valence-corrected chi connectivity index (χ2v) is 2.90. The van der Waals surface area contributed by atoms with E-state index in [4.69, 9.17) is 0 Å². The second-order valence-electron chi connectivity index (χ2n) is 2.27. The van der Waals surface area contributed by atoms with Gasteiger partial charge in [0.05, 0.1) is 0 Å². The second kappa shape index (κ2) is 11.9. The maximum atomic E-state index is 9.84. The molecular formula is C6H16NNaO3S. The molecule has 0 aliphatic carbocycles. The Kier molecular flexibility index (Phi) is 15.2. The van der Waals surface area contributed by atoms with Crippen LogP contribution in [0.25, 0.3) is 0 Å². The van der Waals surface area contributed by atoms with Crippen LogP contribution in [0, 0.1) is 0 Å². The van der Waals surface area contributed by atoms with Gasteiger partial charge in [0.15, 0.2) is 0 Å². The summed E-state index contributed by atoms with van der Waals surface area (Å²) in [5.41, 5.74) is 2.35. The molecule has 12 heavy (non-hydrogen) atoms. The van der Waals surface area contributed by atoms with E-state index in [9.17, 15) is 8.42 Å². The third kappa shape index (κ3) is 13.5. The SMILES string of the molecule is CCCCCCNO[SH](=O)=O.[NaH]. The zero-order valence-electron chi connectivity index (χ0n) is 6.71. The molecule has 0 aliphatic heterocycles. The number of rotatable bonds is 7. The summed E-state index contributed by atoms with van der Waals surface area (Å²) in [5.74, 6) is 0. The van der Waals surface area contributed by atoms with E-state index in [0.29, 0.717) is 6.54 Å². The van der Waals surface area contributed by atoms with Crippen molar-refractivity contribution in [1.82, 2.24) is 5.48 Å². The Balaban J connectivity index is 0. The summed E-state index contributed by atoms with van der Waals surface area (Å²) >= 11 is 0. The first-order valence-corrected chi connectivity index (χ1v) is 4.91. The molecule has 0 aromatic rings. The molecule has 0 unspecified atom stereocenters. The van der Waals surface area contributed by atoms with Crippen LogP contribution in [0.15, 0.2) is 0 Å². The van der Waals surface area contributed by atoms with Gasteiger partial charge in [0.1, 0.15) is 0 Å². The first-order chi connectivity index (χ1) is 5.27. The summed E-state index contributed by atoms with van der Waals surface area (Å²) in [6, 6.07) is 0. The number of hydroxylamine groups is 1. The minimum atomic E-state index is -2.74. The predicted octanol–water partition coefficient (Wildman–Crippen LogP) is -0.0342. The topological polar surface area (TPSA) is 55.4 Å². The zero-order chi connectivity index (χ0) is 8.53. The van der Waals surface area contributed by atoms with Gasteiger partial charge in [-0.25, -0.2) is 8.42 Å². The van der Waals surface area contributed by atoms with Gasteiger partial charge < -0.3 is 0 Å². The summed E-state index contributed by atoms with van der Waals surface area (Å²) in [7, 11) is -2.74. The molecule has 1 N–H and O–H groups in total. The summed E-state index contributed by atoms with van der Waals surface area (Å²) in [6.45, 7) is 2.72. The van der Waals surface area contributed by atoms with Crippen molar-refractivity contribution in [1.29, 1.82) is 0 Å². The fraction of sp³-hybridized carbons (Fsp3) is 1.00. The van der Waals surface area contributed by atoms with Crippen LogP contribution in [-0.2, 0) is 15.3 Å². The van der Waals surface area contributed by atoms with Crippen LogP contribution in [0.3, 0.4) is 0 Å². The molecule has 4 nitrogen and oxygen atoms in total. The fourth-order valence-electron chi connectivity index (χ4n) is 0.722. The van der Waals surface area contributed by atoms with Crippen molar-refractivity contribution in [3.05, 3.63) is 0 Å². The van der Waals surface area contributed by atoms with Crippen LogP contribution < -0.4 is 5.48 Å². The molecule has 0 spiro atoms. The molecule has 70 valence electrons. The molecule has 0 bridgehead atoms. The van der Waals surface area contributed by atoms with Gasteiger partial charge in [-0.05, 0) is 6.42 Å². The molecule has 0 aromatic heterocycles. The summed E-state index contributed by atoms with van der Waals surface area (Å²) in [4.78, 5) is 0. The molecule has 6 heteroatoms. The van der Waals surface area contributed by atoms with E-state index in [1.54, 1.807) is 0 Å². The Morgan fingerprint density at radius 1 is 1.25 bits per heavy atom. The summed E-state index contributed by atoms with van der Waals surface area (Å²) in [6.07, 6.45) is 4.43. The molecule has 0 aromatic carbocycles. The number of thiol groups is 1. The summed E-state index contributed by atoms with van der Waals surface area (Å²) in [5, 5.41) is 0. The van der Waals surface area contributed by atoms with E-state index in [-0.39, 0.29) is 29.6 Å². The first-order valence-electron chi connectivity index (χ1n) is 3.81.